The second kappa shape index (κ2) is 18.8. The first-order valence-electron chi connectivity index (χ1n) is 21.1. The van der Waals surface area contributed by atoms with Crippen LogP contribution < -0.4 is 10.1 Å². The molecule has 0 spiro atoms. The molecule has 1 aliphatic heterocycles. The highest BCUT2D eigenvalue weighted by molar-refractivity contribution is 5.91. The van der Waals surface area contributed by atoms with E-state index in [4.69, 9.17) is 35.1 Å². The average molecular weight is 894 g/mol. The van der Waals surface area contributed by atoms with Gasteiger partial charge in [-0.2, -0.15) is 14.4 Å². The Morgan fingerprint density at radius 2 is 1.22 bits per heavy atom. The molecule has 0 amide bonds. The highest BCUT2D eigenvalue weighted by Crippen LogP contribution is 2.46. The minimum Gasteiger partial charge on any atom is -0.497 e. The Bertz CT molecular complexity index is 3020. The van der Waals surface area contributed by atoms with E-state index in [1.807, 2.05) is 84.9 Å². The summed E-state index contributed by atoms with van der Waals surface area (Å²) in [6.07, 6.45) is 1.89. The summed E-state index contributed by atoms with van der Waals surface area (Å²) in [5, 5.41) is 3.56. The third-order valence-electron chi connectivity index (χ3n) is 11.4. The van der Waals surface area contributed by atoms with Crippen LogP contribution in [0.15, 0.2) is 182 Å². The lowest BCUT2D eigenvalue weighted by molar-refractivity contribution is -0.0865. The summed E-state index contributed by atoms with van der Waals surface area (Å²) < 4.78 is 47.9. The van der Waals surface area contributed by atoms with Gasteiger partial charge >= 0.3 is 24.0 Å². The molecule has 3 heterocycles. The maximum atomic E-state index is 16.3. The van der Waals surface area contributed by atoms with Gasteiger partial charge in [-0.1, -0.05) is 127 Å². The van der Waals surface area contributed by atoms with E-state index in [1.165, 1.54) is 35.2 Å². The summed E-state index contributed by atoms with van der Waals surface area (Å²) >= 11 is 0. The highest BCUT2D eigenvalue weighted by Gasteiger charge is 2.63. The monoisotopic (exact) mass is 893 g/mol. The third-order valence-corrected chi connectivity index (χ3v) is 11.4. The lowest BCUT2D eigenvalue weighted by Crippen LogP contribution is -2.51. The van der Waals surface area contributed by atoms with E-state index in [9.17, 15) is 14.4 Å². The van der Waals surface area contributed by atoms with Crippen molar-refractivity contribution < 1.29 is 42.5 Å². The number of carbonyl (C=O) groups excluding carboxylic acids is 3. The van der Waals surface area contributed by atoms with E-state index >= 15 is 4.39 Å². The molecule has 9 rings (SSSR count). The van der Waals surface area contributed by atoms with Gasteiger partial charge in [-0.15, -0.1) is 6.42 Å². The molecule has 8 aromatic rings. The van der Waals surface area contributed by atoms with Gasteiger partial charge in [0.2, 0.25) is 0 Å². The van der Waals surface area contributed by atoms with Crippen LogP contribution in [0.5, 0.6) is 5.75 Å². The number of nitrogens with one attached hydrogen (secondary N) is 1. The fourth-order valence-corrected chi connectivity index (χ4v) is 8.23. The number of nitrogens with zero attached hydrogens (tertiary/aromatic N) is 4. The Kier molecular flexibility index (Phi) is 12.2. The number of ether oxygens (including phenoxy) is 5. The minimum absolute atomic E-state index is 0.0317. The molecule has 14 heteroatoms. The second-order valence-corrected chi connectivity index (χ2v) is 15.4. The van der Waals surface area contributed by atoms with Crippen LogP contribution in [-0.2, 0) is 24.5 Å². The van der Waals surface area contributed by atoms with E-state index < -0.39 is 60.2 Å². The van der Waals surface area contributed by atoms with E-state index in [-0.39, 0.29) is 33.7 Å². The van der Waals surface area contributed by atoms with Crippen LogP contribution in [0.4, 0.5) is 10.2 Å². The van der Waals surface area contributed by atoms with Crippen LogP contribution in [-0.4, -0.2) is 69.0 Å². The van der Waals surface area contributed by atoms with E-state index in [0.717, 1.165) is 16.7 Å². The van der Waals surface area contributed by atoms with Gasteiger partial charge in [-0.25, -0.2) is 19.4 Å². The molecule has 0 radical (unpaired) electrons. The normalized spacial score (nSPS) is 17.8. The van der Waals surface area contributed by atoms with Gasteiger partial charge in [0.15, 0.2) is 29.3 Å². The number of hydrogen-bond donors (Lipinski definition) is 1. The van der Waals surface area contributed by atoms with Gasteiger partial charge in [-0.05, 0) is 71.1 Å². The molecule has 67 heavy (non-hydrogen) atoms. The van der Waals surface area contributed by atoms with E-state index in [0.29, 0.717) is 5.75 Å². The number of terminal acetylenes is 1. The van der Waals surface area contributed by atoms with Crippen molar-refractivity contribution in [1.82, 2.24) is 19.5 Å². The number of halogens is 1. The average Bonchev–Trinajstić information content (AvgIpc) is 3.94. The minimum atomic E-state index is -2.34. The van der Waals surface area contributed by atoms with Crippen molar-refractivity contribution in [1.29, 1.82) is 0 Å². The molecule has 6 aromatic carbocycles. The molecule has 13 nitrogen and oxygen atoms in total. The zero-order chi connectivity index (χ0) is 46.4. The van der Waals surface area contributed by atoms with Crippen LogP contribution >= 0.6 is 0 Å². The summed E-state index contributed by atoms with van der Waals surface area (Å²) in [6.45, 7) is -0.537. The van der Waals surface area contributed by atoms with Gasteiger partial charge < -0.3 is 29.0 Å². The number of hydrogen-bond acceptors (Lipinski definition) is 12. The number of methoxy groups -OCH3 is 1. The van der Waals surface area contributed by atoms with Crippen LogP contribution in [0.3, 0.4) is 0 Å². The number of esters is 3. The third kappa shape index (κ3) is 8.43. The zero-order valence-electron chi connectivity index (χ0n) is 35.8. The standard InChI is InChI=1S/C53H40FN5O8/c1-3-52(67-49(62)37-23-13-6-14-24-37)44(66-48(61)36-21-11-5-12-22-36)42(33-64-47(60)35-19-9-4-10-20-35)65-50(52)59-34-55-43-45(56-51(54)57-46(43)59)58-53(38-25-15-7-16-26-38,39-27-17-8-18-28-39)40-29-31-41(63-2)32-30-40/h1,4-32,34,42,44,50H,33H2,2H3,(H,56,57,58)/t42-,44-,50-,52-/m1/s1. The largest absolute Gasteiger partial charge is 0.497 e. The SMILES string of the molecule is C#C[C@@]1(OC(=O)c2ccccc2)[C@H](OC(=O)c2ccccc2)[C@@H](COC(=O)c2ccccc2)O[C@H]1n1cnc2c(NC(c3ccccc3)(c3ccccc3)c3ccc(OC)cc3)nc(F)nc21. The quantitative estimate of drug-likeness (QED) is 0.0366. The molecule has 0 aliphatic carbocycles. The molecule has 4 atom stereocenters. The number of carbonyl (C=O) groups is 3. The number of rotatable bonds is 14. The predicted octanol–water partition coefficient (Wildman–Crippen LogP) is 8.59. The van der Waals surface area contributed by atoms with Gasteiger partial charge in [0, 0.05) is 0 Å². The number of benzene rings is 6. The summed E-state index contributed by atoms with van der Waals surface area (Å²) in [5.41, 5.74) is -0.887. The molecule has 1 aliphatic rings. The lowest BCUT2D eigenvalue weighted by Gasteiger charge is -2.37. The fourth-order valence-electron chi connectivity index (χ4n) is 8.23. The number of fused-ring (bicyclic) bond motifs is 1. The zero-order valence-corrected chi connectivity index (χ0v) is 35.8. The molecule has 1 fully saturated rings. The number of anilines is 1. The van der Waals surface area contributed by atoms with Crippen molar-refractivity contribution in [3.8, 4) is 18.1 Å². The Balaban J connectivity index is 1.20. The van der Waals surface area contributed by atoms with Crippen molar-refractivity contribution >= 4 is 34.9 Å². The fraction of sp³-hybridized carbons (Fsp3) is 0.132. The molecule has 0 saturated carbocycles. The molecular weight excluding hydrogens is 854 g/mol. The van der Waals surface area contributed by atoms with Crippen molar-refractivity contribution in [2.45, 2.75) is 29.6 Å². The second-order valence-electron chi connectivity index (χ2n) is 15.4. The summed E-state index contributed by atoms with van der Waals surface area (Å²) in [6, 6.07) is 50.9. The predicted molar refractivity (Wildman–Crippen MR) is 244 cm³/mol. The highest BCUT2D eigenvalue weighted by atomic mass is 19.1. The Morgan fingerprint density at radius 3 is 1.76 bits per heavy atom. The molecular formula is C53H40FN5O8. The van der Waals surface area contributed by atoms with Crippen LogP contribution in [0, 0.1) is 18.4 Å². The van der Waals surface area contributed by atoms with Gasteiger partial charge in [0.25, 0.3) is 5.60 Å². The molecule has 1 saturated heterocycles. The van der Waals surface area contributed by atoms with Gasteiger partial charge in [0.05, 0.1) is 30.1 Å². The summed E-state index contributed by atoms with van der Waals surface area (Å²) in [4.78, 5) is 54.7. The van der Waals surface area contributed by atoms with Crippen LogP contribution in [0.25, 0.3) is 11.2 Å². The van der Waals surface area contributed by atoms with E-state index in [1.54, 1.807) is 73.8 Å². The van der Waals surface area contributed by atoms with Crippen molar-refractivity contribution in [2.24, 2.45) is 0 Å². The van der Waals surface area contributed by atoms with Crippen molar-refractivity contribution in [3.63, 3.8) is 0 Å². The maximum absolute atomic E-state index is 16.3. The summed E-state index contributed by atoms with van der Waals surface area (Å²) in [5.74, 6) is 0.697. The Labute approximate surface area is 384 Å². The van der Waals surface area contributed by atoms with Crippen LogP contribution in [0.1, 0.15) is 54.0 Å². The van der Waals surface area contributed by atoms with Gasteiger partial charge in [-0.3, -0.25) is 4.57 Å². The first-order chi connectivity index (χ1) is 32.7. The maximum Gasteiger partial charge on any atom is 0.339 e. The lowest BCUT2D eigenvalue weighted by atomic mass is 9.77. The molecule has 2 aromatic heterocycles. The molecule has 0 unspecified atom stereocenters. The number of imidazole rings is 1. The molecule has 332 valence electrons. The Hall–Kier alpha value is -8.67. The number of aromatic nitrogens is 4. The van der Waals surface area contributed by atoms with Gasteiger partial charge in [0.1, 0.15) is 24.0 Å². The first-order valence-corrected chi connectivity index (χ1v) is 21.1. The first kappa shape index (κ1) is 43.6. The topological polar surface area (TPSA) is 153 Å². The van der Waals surface area contributed by atoms with Crippen molar-refractivity contribution in [3.05, 3.63) is 222 Å². The molecule has 0 bridgehead atoms. The van der Waals surface area contributed by atoms with Crippen molar-refractivity contribution in [2.75, 3.05) is 19.0 Å². The van der Waals surface area contributed by atoms with Crippen LogP contribution in [0.2, 0.25) is 0 Å². The van der Waals surface area contributed by atoms with E-state index in [2.05, 4.69) is 21.2 Å². The Morgan fingerprint density at radius 1 is 0.716 bits per heavy atom. The molecule has 1 N–H and O–H groups in total. The summed E-state index contributed by atoms with van der Waals surface area (Å²) in [7, 11) is 1.58. The smallest absolute Gasteiger partial charge is 0.339 e.